The van der Waals surface area contributed by atoms with Crippen molar-refractivity contribution in [2.45, 2.75) is 5.37 Å². The van der Waals surface area contributed by atoms with Crippen molar-refractivity contribution in [3.63, 3.8) is 0 Å². The van der Waals surface area contributed by atoms with Crippen molar-refractivity contribution in [2.75, 3.05) is 12.3 Å². The van der Waals surface area contributed by atoms with Crippen molar-refractivity contribution in [3.05, 3.63) is 81.2 Å². The third kappa shape index (κ3) is 3.05. The molecule has 1 fully saturated rings. The lowest BCUT2D eigenvalue weighted by Crippen LogP contribution is -2.33. The van der Waals surface area contributed by atoms with Crippen LogP contribution in [0.4, 0.5) is 0 Å². The summed E-state index contributed by atoms with van der Waals surface area (Å²) >= 11 is 7.74. The number of carbonyl (C=O) groups excluding carboxylic acids is 1. The predicted molar refractivity (Wildman–Crippen MR) is 100 cm³/mol. The molecule has 0 aliphatic carbocycles. The van der Waals surface area contributed by atoms with Crippen molar-refractivity contribution in [2.24, 2.45) is 0 Å². The Morgan fingerprint density at radius 2 is 2.00 bits per heavy atom. The molecule has 0 unspecified atom stereocenters. The standard InChI is InChI=1S/C19H14ClNO3S/c20-14-6-3-5-13(10-14)18-21(8-9-25-18)17(22)15-11-12-4-1-2-7-16(12)24-19(15)23/h1-7,10-11,18H,8-9H2/t18-/m0/s1. The van der Waals surface area contributed by atoms with Crippen LogP contribution in [0.25, 0.3) is 11.0 Å². The predicted octanol–water partition coefficient (Wildman–Crippen LogP) is 4.33. The monoisotopic (exact) mass is 371 g/mol. The van der Waals surface area contributed by atoms with Gasteiger partial charge in [0.15, 0.2) is 0 Å². The van der Waals surface area contributed by atoms with Gasteiger partial charge < -0.3 is 9.32 Å². The van der Waals surface area contributed by atoms with Crippen molar-refractivity contribution in [1.29, 1.82) is 0 Å². The van der Waals surface area contributed by atoms with Crippen LogP contribution in [0.1, 0.15) is 21.3 Å². The second-order valence-electron chi connectivity index (χ2n) is 5.76. The largest absolute Gasteiger partial charge is 0.422 e. The van der Waals surface area contributed by atoms with E-state index < -0.39 is 5.63 Å². The Hall–Kier alpha value is -2.24. The van der Waals surface area contributed by atoms with Gasteiger partial charge in [0.1, 0.15) is 16.5 Å². The summed E-state index contributed by atoms with van der Waals surface area (Å²) in [6.45, 7) is 0.576. The molecule has 1 atom stereocenters. The maximum atomic E-state index is 13.0. The highest BCUT2D eigenvalue weighted by Crippen LogP contribution is 2.39. The Kier molecular flexibility index (Phi) is 4.27. The van der Waals surface area contributed by atoms with Crippen LogP contribution < -0.4 is 5.63 Å². The molecule has 1 aliphatic heterocycles. The molecule has 2 heterocycles. The smallest absolute Gasteiger partial charge is 0.349 e. The van der Waals surface area contributed by atoms with Crippen molar-refractivity contribution < 1.29 is 9.21 Å². The highest BCUT2D eigenvalue weighted by atomic mass is 35.5. The van der Waals surface area contributed by atoms with E-state index in [0.717, 1.165) is 16.7 Å². The summed E-state index contributed by atoms with van der Waals surface area (Å²) in [5.74, 6) is 0.497. The van der Waals surface area contributed by atoms with Crippen LogP contribution in [0.3, 0.4) is 0 Å². The first-order valence-corrected chi connectivity index (χ1v) is 9.27. The highest BCUT2D eigenvalue weighted by molar-refractivity contribution is 7.99. The average Bonchev–Trinajstić information content (AvgIpc) is 3.10. The summed E-state index contributed by atoms with van der Waals surface area (Å²) in [6.07, 6.45) is 0. The molecule has 4 nitrogen and oxygen atoms in total. The number of thioether (sulfide) groups is 1. The van der Waals surface area contributed by atoms with Gasteiger partial charge in [0.25, 0.3) is 5.91 Å². The zero-order valence-corrected chi connectivity index (χ0v) is 14.7. The molecule has 1 saturated heterocycles. The van der Waals surface area contributed by atoms with Gasteiger partial charge in [-0.2, -0.15) is 0 Å². The van der Waals surface area contributed by atoms with E-state index >= 15 is 0 Å². The minimum atomic E-state index is -0.606. The molecule has 0 radical (unpaired) electrons. The molecule has 0 spiro atoms. The third-order valence-electron chi connectivity index (χ3n) is 4.16. The molecule has 0 saturated carbocycles. The Morgan fingerprint density at radius 1 is 1.16 bits per heavy atom. The maximum absolute atomic E-state index is 13.0. The van der Waals surface area contributed by atoms with E-state index in [0.29, 0.717) is 17.2 Å². The zero-order valence-electron chi connectivity index (χ0n) is 13.1. The number of nitrogens with zero attached hydrogens (tertiary/aromatic N) is 1. The van der Waals surface area contributed by atoms with Crippen LogP contribution in [0.2, 0.25) is 5.02 Å². The number of carbonyl (C=O) groups is 1. The van der Waals surface area contributed by atoms with Gasteiger partial charge in [0.05, 0.1) is 0 Å². The number of halogens is 1. The number of hydrogen-bond acceptors (Lipinski definition) is 4. The first-order chi connectivity index (χ1) is 12.1. The normalized spacial score (nSPS) is 17.2. The second-order valence-corrected chi connectivity index (χ2v) is 7.39. The lowest BCUT2D eigenvalue weighted by molar-refractivity contribution is 0.0756. The molecule has 25 heavy (non-hydrogen) atoms. The number of fused-ring (bicyclic) bond motifs is 1. The zero-order chi connectivity index (χ0) is 17.4. The number of rotatable bonds is 2. The fourth-order valence-electron chi connectivity index (χ4n) is 2.98. The fraction of sp³-hybridized carbons (Fsp3) is 0.158. The summed E-state index contributed by atoms with van der Waals surface area (Å²) in [5, 5.41) is 1.20. The average molecular weight is 372 g/mol. The Balaban J connectivity index is 1.72. The van der Waals surface area contributed by atoms with Crippen LogP contribution in [0.15, 0.2) is 63.8 Å². The molecule has 0 N–H and O–H groups in total. The van der Waals surface area contributed by atoms with Crippen molar-refractivity contribution >= 4 is 40.2 Å². The Bertz CT molecular complexity index is 1020. The van der Waals surface area contributed by atoms with Crippen LogP contribution in [-0.2, 0) is 0 Å². The molecular formula is C19H14ClNO3S. The fourth-order valence-corrected chi connectivity index (χ4v) is 4.42. The first kappa shape index (κ1) is 16.2. The van der Waals surface area contributed by atoms with Crippen LogP contribution >= 0.6 is 23.4 Å². The Labute approximate surface area is 153 Å². The number of benzene rings is 2. The third-order valence-corrected chi connectivity index (χ3v) is 5.65. The van der Waals surface area contributed by atoms with Crippen molar-refractivity contribution in [1.82, 2.24) is 4.90 Å². The van der Waals surface area contributed by atoms with E-state index in [1.807, 2.05) is 30.3 Å². The number of hydrogen-bond donors (Lipinski definition) is 0. The van der Waals surface area contributed by atoms with E-state index in [-0.39, 0.29) is 16.8 Å². The molecule has 0 bridgehead atoms. The van der Waals surface area contributed by atoms with E-state index in [2.05, 4.69) is 0 Å². The quantitative estimate of drug-likeness (QED) is 0.629. The van der Waals surface area contributed by atoms with Crippen LogP contribution in [0, 0.1) is 0 Å². The van der Waals surface area contributed by atoms with Crippen molar-refractivity contribution in [3.8, 4) is 0 Å². The van der Waals surface area contributed by atoms with Gasteiger partial charge in [-0.25, -0.2) is 4.79 Å². The number of para-hydroxylation sites is 1. The maximum Gasteiger partial charge on any atom is 0.349 e. The SMILES string of the molecule is O=C(c1cc2ccccc2oc1=O)N1CCS[C@H]1c1cccc(Cl)c1. The lowest BCUT2D eigenvalue weighted by atomic mass is 10.1. The topological polar surface area (TPSA) is 50.5 Å². The summed E-state index contributed by atoms with van der Waals surface area (Å²) in [7, 11) is 0. The second kappa shape index (κ2) is 6.58. The van der Waals surface area contributed by atoms with Gasteiger partial charge in [-0.15, -0.1) is 11.8 Å². The summed E-state index contributed by atoms with van der Waals surface area (Å²) in [6, 6.07) is 16.2. The summed E-state index contributed by atoms with van der Waals surface area (Å²) < 4.78 is 5.30. The molecule has 1 amide bonds. The van der Waals surface area contributed by atoms with Crippen LogP contribution in [0.5, 0.6) is 0 Å². The molecule has 1 aromatic heterocycles. The van der Waals surface area contributed by atoms with E-state index in [4.69, 9.17) is 16.0 Å². The minimum Gasteiger partial charge on any atom is -0.422 e. The van der Waals surface area contributed by atoms with E-state index in [9.17, 15) is 9.59 Å². The minimum absolute atomic E-state index is 0.0632. The van der Waals surface area contributed by atoms with Gasteiger partial charge in [0.2, 0.25) is 0 Å². The molecule has 126 valence electrons. The molecule has 4 rings (SSSR count). The molecular weight excluding hydrogens is 358 g/mol. The molecule has 1 aliphatic rings. The summed E-state index contributed by atoms with van der Waals surface area (Å²) in [4.78, 5) is 27.0. The molecule has 6 heteroatoms. The van der Waals surface area contributed by atoms with E-state index in [1.54, 1.807) is 40.9 Å². The Morgan fingerprint density at radius 3 is 2.84 bits per heavy atom. The highest BCUT2D eigenvalue weighted by Gasteiger charge is 2.33. The first-order valence-electron chi connectivity index (χ1n) is 7.84. The van der Waals surface area contributed by atoms with Gasteiger partial charge in [-0.1, -0.05) is 41.9 Å². The molecule has 2 aromatic carbocycles. The molecule has 3 aromatic rings. The van der Waals surface area contributed by atoms with Gasteiger partial charge >= 0.3 is 5.63 Å². The summed E-state index contributed by atoms with van der Waals surface area (Å²) in [5.41, 5.74) is 0.887. The van der Waals surface area contributed by atoms with E-state index in [1.165, 1.54) is 0 Å². The number of amides is 1. The van der Waals surface area contributed by atoms with Crippen LogP contribution in [-0.4, -0.2) is 23.1 Å². The lowest BCUT2D eigenvalue weighted by Gasteiger charge is -2.24. The van der Waals surface area contributed by atoms with Gasteiger partial charge in [0, 0.05) is 22.7 Å². The van der Waals surface area contributed by atoms with Gasteiger partial charge in [-0.05, 0) is 29.8 Å². The van der Waals surface area contributed by atoms with Gasteiger partial charge in [-0.3, -0.25) is 4.79 Å².